The Balaban J connectivity index is 2.30. The summed E-state index contributed by atoms with van der Waals surface area (Å²) in [6.07, 6.45) is 0. The topological polar surface area (TPSA) is 9.23 Å². The summed E-state index contributed by atoms with van der Waals surface area (Å²) in [7, 11) is -1.70. The molecule has 0 aliphatic rings. The smallest absolute Gasteiger partial charge is 0.251 e. The van der Waals surface area contributed by atoms with Crippen molar-refractivity contribution in [3.63, 3.8) is 0 Å². The van der Waals surface area contributed by atoms with Crippen LogP contribution in [0.1, 0.15) is 20.8 Å². The van der Waals surface area contributed by atoms with Gasteiger partial charge in [0.2, 0.25) is 0 Å². The van der Waals surface area contributed by atoms with Gasteiger partial charge in [-0.15, -0.1) is 11.3 Å². The molecule has 0 aliphatic carbocycles. The van der Waals surface area contributed by atoms with Crippen molar-refractivity contribution in [1.29, 1.82) is 0 Å². The fourth-order valence-electron chi connectivity index (χ4n) is 1.41. The van der Waals surface area contributed by atoms with Gasteiger partial charge in [-0.3, -0.25) is 0 Å². The van der Waals surface area contributed by atoms with E-state index in [4.69, 9.17) is 4.43 Å². The molecule has 0 bridgehead atoms. The lowest BCUT2D eigenvalue weighted by atomic mass is 10.2. The first-order valence-electron chi connectivity index (χ1n) is 5.97. The zero-order chi connectivity index (χ0) is 12.7. The minimum Gasteiger partial charge on any atom is -0.537 e. The second-order valence-electron chi connectivity index (χ2n) is 5.97. The van der Waals surface area contributed by atoms with Crippen molar-refractivity contribution in [3.8, 4) is 5.06 Å². The van der Waals surface area contributed by atoms with E-state index < -0.39 is 8.32 Å². The highest BCUT2D eigenvalue weighted by molar-refractivity contribution is 7.21. The zero-order valence-corrected chi connectivity index (χ0v) is 13.0. The Morgan fingerprint density at radius 3 is 2.35 bits per heavy atom. The predicted octanol–water partition coefficient (Wildman–Crippen LogP) is 5.29. The van der Waals surface area contributed by atoms with Gasteiger partial charge < -0.3 is 4.43 Å². The maximum absolute atomic E-state index is 6.31. The number of rotatable bonds is 2. The molecule has 0 unspecified atom stereocenters. The Labute approximate surface area is 109 Å². The van der Waals surface area contributed by atoms with E-state index in [1.165, 1.54) is 10.1 Å². The summed E-state index contributed by atoms with van der Waals surface area (Å²) in [5, 5.41) is 2.60. The molecule has 1 aromatic heterocycles. The Kier molecular flexibility index (Phi) is 3.08. The third kappa shape index (κ3) is 2.55. The van der Waals surface area contributed by atoms with Gasteiger partial charge in [0, 0.05) is 4.70 Å². The molecule has 1 nitrogen and oxygen atoms in total. The summed E-state index contributed by atoms with van der Waals surface area (Å²) in [5.41, 5.74) is 0. The summed E-state index contributed by atoms with van der Waals surface area (Å²) in [4.78, 5) is 0. The van der Waals surface area contributed by atoms with Gasteiger partial charge in [-0.05, 0) is 35.7 Å². The van der Waals surface area contributed by atoms with E-state index in [9.17, 15) is 0 Å². The molecule has 0 fully saturated rings. The van der Waals surface area contributed by atoms with Crippen LogP contribution in [0.4, 0.5) is 0 Å². The van der Waals surface area contributed by atoms with Crippen LogP contribution in [0, 0.1) is 0 Å². The molecule has 0 aliphatic heterocycles. The van der Waals surface area contributed by atoms with Crippen LogP contribution in [0.25, 0.3) is 10.1 Å². The SMILES string of the molecule is CC(C)(C)[Si](C)(C)Oc1cc2ccccc2s1. The van der Waals surface area contributed by atoms with Crippen LogP contribution >= 0.6 is 11.3 Å². The minimum absolute atomic E-state index is 0.253. The molecule has 17 heavy (non-hydrogen) atoms. The predicted molar refractivity (Wildman–Crippen MR) is 79.7 cm³/mol. The van der Waals surface area contributed by atoms with Gasteiger partial charge in [0.05, 0.1) is 0 Å². The third-order valence-corrected chi connectivity index (χ3v) is 9.05. The molecule has 0 spiro atoms. The van der Waals surface area contributed by atoms with Crippen molar-refractivity contribution in [2.24, 2.45) is 0 Å². The molecule has 0 saturated heterocycles. The number of hydrogen-bond acceptors (Lipinski definition) is 2. The summed E-state index contributed by atoms with van der Waals surface area (Å²) in [5.74, 6) is 0. The van der Waals surface area contributed by atoms with Crippen molar-refractivity contribution in [2.45, 2.75) is 38.9 Å². The quantitative estimate of drug-likeness (QED) is 0.670. The van der Waals surface area contributed by atoms with Gasteiger partial charge in [0.15, 0.2) is 5.06 Å². The molecule has 1 aromatic carbocycles. The lowest BCUT2D eigenvalue weighted by Crippen LogP contribution is -2.43. The minimum atomic E-state index is -1.70. The Morgan fingerprint density at radius 2 is 1.76 bits per heavy atom. The molecule has 0 N–H and O–H groups in total. The second-order valence-corrected chi connectivity index (χ2v) is 11.7. The van der Waals surface area contributed by atoms with Gasteiger partial charge >= 0.3 is 0 Å². The van der Waals surface area contributed by atoms with Crippen LogP contribution in [0.2, 0.25) is 18.1 Å². The van der Waals surface area contributed by atoms with E-state index in [-0.39, 0.29) is 5.04 Å². The first kappa shape index (κ1) is 12.6. The van der Waals surface area contributed by atoms with E-state index >= 15 is 0 Å². The van der Waals surface area contributed by atoms with E-state index in [0.29, 0.717) is 0 Å². The van der Waals surface area contributed by atoms with Gasteiger partial charge in [0.1, 0.15) is 0 Å². The Hall–Kier alpha value is -0.803. The van der Waals surface area contributed by atoms with Gasteiger partial charge in [-0.2, -0.15) is 0 Å². The molecule has 2 aromatic rings. The normalized spacial score (nSPS) is 13.0. The van der Waals surface area contributed by atoms with E-state index in [1.54, 1.807) is 11.3 Å². The van der Waals surface area contributed by atoms with Crippen molar-refractivity contribution < 1.29 is 4.43 Å². The fourth-order valence-corrected chi connectivity index (χ4v) is 3.87. The molecular weight excluding hydrogens is 244 g/mol. The fraction of sp³-hybridized carbons (Fsp3) is 0.429. The second kappa shape index (κ2) is 4.14. The van der Waals surface area contributed by atoms with E-state index in [1.807, 2.05) is 0 Å². The molecule has 0 amide bonds. The standard InChI is InChI=1S/C14H20OSSi/c1-14(2,3)17(4,5)15-13-10-11-8-6-7-9-12(11)16-13/h6-10H,1-5H3. The van der Waals surface area contributed by atoms with Gasteiger partial charge in [0.25, 0.3) is 8.32 Å². The highest BCUT2D eigenvalue weighted by Gasteiger charge is 2.39. The number of fused-ring (bicyclic) bond motifs is 1. The van der Waals surface area contributed by atoms with Crippen LogP contribution in [0.3, 0.4) is 0 Å². The maximum Gasteiger partial charge on any atom is 0.251 e. The molecule has 3 heteroatoms. The first-order valence-corrected chi connectivity index (χ1v) is 9.70. The van der Waals surface area contributed by atoms with Crippen LogP contribution in [-0.2, 0) is 0 Å². The van der Waals surface area contributed by atoms with E-state index in [2.05, 4.69) is 64.2 Å². The largest absolute Gasteiger partial charge is 0.537 e. The third-order valence-electron chi connectivity index (χ3n) is 3.56. The summed E-state index contributed by atoms with van der Waals surface area (Å²) in [6, 6.07) is 10.6. The lowest BCUT2D eigenvalue weighted by molar-refractivity contribution is 0.503. The monoisotopic (exact) mass is 264 g/mol. The number of thiophene rings is 1. The van der Waals surface area contributed by atoms with Gasteiger partial charge in [-0.25, -0.2) is 0 Å². The lowest BCUT2D eigenvalue weighted by Gasteiger charge is -2.35. The summed E-state index contributed by atoms with van der Waals surface area (Å²) in [6.45, 7) is 11.4. The van der Waals surface area contributed by atoms with E-state index in [0.717, 1.165) is 5.06 Å². The molecule has 92 valence electrons. The van der Waals surface area contributed by atoms with Crippen LogP contribution in [0.5, 0.6) is 5.06 Å². The van der Waals surface area contributed by atoms with Crippen LogP contribution in [-0.4, -0.2) is 8.32 Å². The average Bonchev–Trinajstić information content (AvgIpc) is 2.56. The van der Waals surface area contributed by atoms with Crippen molar-refractivity contribution >= 4 is 29.7 Å². The molecule has 0 saturated carbocycles. The van der Waals surface area contributed by atoms with Crippen molar-refractivity contribution in [2.75, 3.05) is 0 Å². The molecule has 0 radical (unpaired) electrons. The van der Waals surface area contributed by atoms with Crippen molar-refractivity contribution in [3.05, 3.63) is 30.3 Å². The maximum atomic E-state index is 6.31. The molecular formula is C14H20OSSi. The zero-order valence-electron chi connectivity index (χ0n) is 11.2. The van der Waals surface area contributed by atoms with Crippen molar-refractivity contribution in [1.82, 2.24) is 0 Å². The highest BCUT2D eigenvalue weighted by atomic mass is 32.1. The molecule has 1 heterocycles. The summed E-state index contributed by atoms with van der Waals surface area (Å²) >= 11 is 1.75. The Bertz CT molecular complexity index is 489. The highest BCUT2D eigenvalue weighted by Crippen LogP contribution is 2.40. The Morgan fingerprint density at radius 1 is 1.12 bits per heavy atom. The molecule has 0 atom stereocenters. The van der Waals surface area contributed by atoms with Crippen LogP contribution < -0.4 is 4.43 Å². The average molecular weight is 264 g/mol. The summed E-state index contributed by atoms with van der Waals surface area (Å²) < 4.78 is 7.62. The first-order chi connectivity index (χ1) is 7.79. The van der Waals surface area contributed by atoms with Crippen LogP contribution in [0.15, 0.2) is 30.3 Å². The molecule has 2 rings (SSSR count). The number of benzene rings is 1. The number of hydrogen-bond donors (Lipinski definition) is 0. The van der Waals surface area contributed by atoms with Gasteiger partial charge in [-0.1, -0.05) is 39.0 Å².